The first-order valence-electron chi connectivity index (χ1n) is 15.5. The van der Waals surface area contributed by atoms with Gasteiger partial charge in [-0.1, -0.05) is 130 Å². The van der Waals surface area contributed by atoms with Gasteiger partial charge in [0.2, 0.25) is 0 Å². The molecule has 4 nitrogen and oxygen atoms in total. The van der Waals surface area contributed by atoms with Gasteiger partial charge in [-0.2, -0.15) is 0 Å². The lowest BCUT2D eigenvalue weighted by Gasteiger charge is -2.18. The number of allylic oxidation sites excluding steroid dienone is 1. The average Bonchev–Trinajstić information content (AvgIpc) is 2.87. The average molecular weight is 499 g/mol. The first-order valence-corrected chi connectivity index (χ1v) is 15.5. The smallest absolute Gasteiger partial charge is 0.321 e. The Morgan fingerprint density at radius 1 is 0.400 bits per heavy atom. The minimum absolute atomic E-state index is 0.244. The van der Waals surface area contributed by atoms with Crippen molar-refractivity contribution in [2.24, 2.45) is 0 Å². The molecule has 0 bridgehead atoms. The Morgan fingerprint density at radius 2 is 0.829 bits per heavy atom. The van der Waals surface area contributed by atoms with Crippen molar-refractivity contribution in [2.75, 3.05) is 26.6 Å². The van der Waals surface area contributed by atoms with Crippen LogP contribution < -0.4 is 0 Å². The van der Waals surface area contributed by atoms with Crippen LogP contribution in [0, 0.1) is 0 Å². The Kier molecular flexibility index (Phi) is 28.6. The van der Waals surface area contributed by atoms with E-state index in [-0.39, 0.29) is 6.79 Å². The molecule has 0 unspecified atom stereocenters. The molecule has 4 heteroatoms. The van der Waals surface area contributed by atoms with Crippen molar-refractivity contribution in [2.45, 2.75) is 163 Å². The van der Waals surface area contributed by atoms with Crippen LogP contribution >= 0.6 is 0 Å². The fourth-order valence-corrected chi connectivity index (χ4v) is 4.10. The van der Waals surface area contributed by atoms with Gasteiger partial charge in [0.15, 0.2) is 12.6 Å². The number of hydrogen-bond donors (Lipinski definition) is 0. The fraction of sp³-hybridized carbons (Fsp3) is 0.935. The molecule has 0 N–H and O–H groups in total. The second kappa shape index (κ2) is 29.3. The Hall–Kier alpha value is -0.900. The zero-order valence-corrected chi connectivity index (χ0v) is 24.3. The predicted octanol–water partition coefficient (Wildman–Crippen LogP) is 10.5. The summed E-state index contributed by atoms with van der Waals surface area (Å²) in [6, 6.07) is 0. The second-order valence-electron chi connectivity index (χ2n) is 9.98. The number of ether oxygens (including phenoxy) is 4. The Balaban J connectivity index is 4.48. The van der Waals surface area contributed by atoms with E-state index in [1.807, 2.05) is 0 Å². The van der Waals surface area contributed by atoms with Crippen LogP contribution in [0.1, 0.15) is 163 Å². The van der Waals surface area contributed by atoms with Crippen molar-refractivity contribution < 1.29 is 18.9 Å². The summed E-state index contributed by atoms with van der Waals surface area (Å²) < 4.78 is 24.0. The molecule has 210 valence electrons. The molecular weight excluding hydrogens is 436 g/mol. The van der Waals surface area contributed by atoms with E-state index in [4.69, 9.17) is 18.9 Å². The van der Waals surface area contributed by atoms with E-state index >= 15 is 0 Å². The van der Waals surface area contributed by atoms with E-state index in [9.17, 15) is 0 Å². The van der Waals surface area contributed by atoms with Crippen molar-refractivity contribution in [3.63, 3.8) is 0 Å². The number of unbranched alkanes of at least 4 members (excludes halogenated alkanes) is 16. The van der Waals surface area contributed by atoms with Crippen molar-refractivity contribution in [3.8, 4) is 0 Å². The van der Waals surface area contributed by atoms with Crippen molar-refractivity contribution >= 4 is 0 Å². The van der Waals surface area contributed by atoms with Crippen molar-refractivity contribution in [3.05, 3.63) is 11.7 Å². The molecule has 0 aliphatic rings. The molecule has 0 aromatic carbocycles. The van der Waals surface area contributed by atoms with E-state index in [1.54, 1.807) is 0 Å². The van der Waals surface area contributed by atoms with Crippen LogP contribution in [0.3, 0.4) is 0 Å². The van der Waals surface area contributed by atoms with Crippen LogP contribution in [0.4, 0.5) is 0 Å². The molecule has 0 aromatic heterocycles. The fourth-order valence-electron chi connectivity index (χ4n) is 4.10. The molecule has 35 heavy (non-hydrogen) atoms. The zero-order valence-electron chi connectivity index (χ0n) is 24.3. The third kappa shape index (κ3) is 24.6. The molecule has 0 spiro atoms. The summed E-state index contributed by atoms with van der Waals surface area (Å²) >= 11 is 0. The topological polar surface area (TPSA) is 36.9 Å². The normalized spacial score (nSPS) is 12.0. The van der Waals surface area contributed by atoms with E-state index in [0.717, 1.165) is 51.1 Å². The summed E-state index contributed by atoms with van der Waals surface area (Å²) in [5, 5.41) is 0. The van der Waals surface area contributed by atoms with Gasteiger partial charge in [0.25, 0.3) is 0 Å². The van der Waals surface area contributed by atoms with Gasteiger partial charge in [-0.25, -0.2) is 0 Å². The van der Waals surface area contributed by atoms with Gasteiger partial charge in [-0.3, -0.25) is 0 Å². The molecule has 0 fully saturated rings. The highest BCUT2D eigenvalue weighted by Gasteiger charge is 2.12. The van der Waals surface area contributed by atoms with E-state index < -0.39 is 0 Å². The van der Waals surface area contributed by atoms with Gasteiger partial charge in [-0.15, -0.1) is 0 Å². The van der Waals surface area contributed by atoms with Gasteiger partial charge < -0.3 is 18.9 Å². The summed E-state index contributed by atoms with van der Waals surface area (Å²) in [6.07, 6.45) is 26.0. The summed E-state index contributed by atoms with van der Waals surface area (Å²) in [4.78, 5) is 0. The third-order valence-corrected chi connectivity index (χ3v) is 6.38. The van der Waals surface area contributed by atoms with E-state index in [0.29, 0.717) is 12.6 Å². The minimum Gasteiger partial charge on any atom is -0.491 e. The van der Waals surface area contributed by atoms with E-state index in [1.165, 1.54) is 103 Å². The quantitative estimate of drug-likeness (QED) is 0.0583. The van der Waals surface area contributed by atoms with Crippen LogP contribution in [-0.4, -0.2) is 26.6 Å². The number of rotatable bonds is 29. The predicted molar refractivity (Wildman–Crippen MR) is 150 cm³/mol. The zero-order chi connectivity index (χ0) is 25.7. The van der Waals surface area contributed by atoms with Gasteiger partial charge >= 0.3 is 5.95 Å². The maximum absolute atomic E-state index is 6.19. The van der Waals surface area contributed by atoms with Crippen LogP contribution in [0.25, 0.3) is 0 Å². The van der Waals surface area contributed by atoms with Crippen LogP contribution in [0.5, 0.6) is 0 Å². The second-order valence-corrected chi connectivity index (χ2v) is 9.98. The lowest BCUT2D eigenvalue weighted by Crippen LogP contribution is -2.10. The van der Waals surface area contributed by atoms with Gasteiger partial charge in [-0.05, 0) is 25.7 Å². The highest BCUT2D eigenvalue weighted by Crippen LogP contribution is 2.18. The Morgan fingerprint density at radius 3 is 1.31 bits per heavy atom. The highest BCUT2D eigenvalue weighted by atomic mass is 16.7. The maximum Gasteiger partial charge on any atom is 0.321 e. The first-order chi connectivity index (χ1) is 17.3. The molecule has 0 atom stereocenters. The molecule has 0 rings (SSSR count). The lowest BCUT2D eigenvalue weighted by molar-refractivity contribution is -0.0845. The molecule has 0 aliphatic heterocycles. The number of hydrogen-bond acceptors (Lipinski definition) is 4. The Bertz CT molecular complexity index is 414. The van der Waals surface area contributed by atoms with Crippen LogP contribution in [0.15, 0.2) is 11.7 Å². The highest BCUT2D eigenvalue weighted by molar-refractivity contribution is 4.95. The van der Waals surface area contributed by atoms with Gasteiger partial charge in [0, 0.05) is 6.42 Å². The van der Waals surface area contributed by atoms with E-state index in [2.05, 4.69) is 27.7 Å². The summed E-state index contributed by atoms with van der Waals surface area (Å²) in [5.74, 6) is 1.43. The molecule has 0 aromatic rings. The minimum atomic E-state index is 0.244. The summed E-state index contributed by atoms with van der Waals surface area (Å²) in [7, 11) is 0. The summed E-state index contributed by atoms with van der Waals surface area (Å²) in [6.45, 7) is 11.4. The maximum atomic E-state index is 6.19. The first kappa shape index (κ1) is 34.1. The summed E-state index contributed by atoms with van der Waals surface area (Å²) in [5.41, 5.74) is 0. The molecule has 0 saturated heterocycles. The largest absolute Gasteiger partial charge is 0.491 e. The van der Waals surface area contributed by atoms with Gasteiger partial charge in [0.05, 0.1) is 19.8 Å². The molecule has 0 heterocycles. The van der Waals surface area contributed by atoms with Crippen molar-refractivity contribution in [1.29, 1.82) is 0 Å². The van der Waals surface area contributed by atoms with Crippen LogP contribution in [0.2, 0.25) is 0 Å². The van der Waals surface area contributed by atoms with Crippen LogP contribution in [-0.2, 0) is 18.9 Å². The molecule has 0 radical (unpaired) electrons. The standard InChI is InChI=1S/C31H62O4/c1-5-9-12-15-17-20-23-27-33-30(25-8-4)31(34-28-24-21-18-16-13-10-6-2)35-29-32-26-22-19-14-11-7-3/h5-29H2,1-4H3. The Labute approximate surface area is 219 Å². The SMILES string of the molecule is CCCCCCCCCOC(CCC)=C(OCCCCCCCCC)OCOCCCCCCC. The monoisotopic (exact) mass is 498 g/mol. The molecule has 0 aliphatic carbocycles. The molecular formula is C31H62O4. The molecule has 0 saturated carbocycles. The molecule has 0 amide bonds. The van der Waals surface area contributed by atoms with Crippen molar-refractivity contribution in [1.82, 2.24) is 0 Å². The van der Waals surface area contributed by atoms with Gasteiger partial charge in [0.1, 0.15) is 0 Å². The lowest BCUT2D eigenvalue weighted by atomic mass is 10.1. The third-order valence-electron chi connectivity index (χ3n) is 6.38.